The number of likely N-dealkylation sites (tertiary alicyclic amines) is 1. The van der Waals surface area contributed by atoms with Gasteiger partial charge in [-0.25, -0.2) is 22.6 Å². The lowest BCUT2D eigenvalue weighted by molar-refractivity contribution is -0.114. The number of piperidine rings is 1. The van der Waals surface area contributed by atoms with Crippen LogP contribution in [-0.4, -0.2) is 62.7 Å². The molecule has 0 spiro atoms. The summed E-state index contributed by atoms with van der Waals surface area (Å²) in [4.78, 5) is 33.7. The van der Waals surface area contributed by atoms with E-state index >= 15 is 0 Å². The maximum Gasteiger partial charge on any atom is 0.326 e. The number of sulfone groups is 1. The molecule has 0 radical (unpaired) electrons. The fourth-order valence-electron chi connectivity index (χ4n) is 5.39. The number of ether oxygens (including phenoxy) is 2. The van der Waals surface area contributed by atoms with Crippen LogP contribution >= 0.6 is 12.4 Å². The van der Waals surface area contributed by atoms with Crippen LogP contribution in [0.25, 0.3) is 0 Å². The molecule has 1 aliphatic rings. The number of carbonyl (C=O) groups excluding carboxylic acids is 2. The van der Waals surface area contributed by atoms with Crippen molar-refractivity contribution >= 4 is 51.2 Å². The van der Waals surface area contributed by atoms with E-state index in [1.807, 2.05) is 36.4 Å². The number of carbonyl (C=O) groups is 2. The van der Waals surface area contributed by atoms with Crippen LogP contribution in [0.3, 0.4) is 0 Å². The first-order valence-electron chi connectivity index (χ1n) is 15.0. The van der Waals surface area contributed by atoms with Crippen molar-refractivity contribution in [2.45, 2.75) is 37.2 Å². The number of hydrogen-bond donors (Lipinski definition) is 2. The summed E-state index contributed by atoms with van der Waals surface area (Å²) in [5.41, 5.74) is 2.09. The molecular formula is C34H37ClFN5O6S. The molecular weight excluding hydrogens is 661 g/mol. The van der Waals surface area contributed by atoms with Gasteiger partial charge in [-0.3, -0.25) is 14.6 Å². The fourth-order valence-corrected chi connectivity index (χ4v) is 6.03. The van der Waals surface area contributed by atoms with Crippen LogP contribution in [0.4, 0.5) is 26.2 Å². The van der Waals surface area contributed by atoms with Gasteiger partial charge in [0, 0.05) is 68.6 Å². The summed E-state index contributed by atoms with van der Waals surface area (Å²) in [5, 5.41) is 5.31. The predicted molar refractivity (Wildman–Crippen MR) is 185 cm³/mol. The van der Waals surface area contributed by atoms with Crippen molar-refractivity contribution in [2.75, 3.05) is 42.0 Å². The SMILES string of the molecule is COc1cc(S(C)(=O)=O)ccc1Oc1ccc(CN2CCC(N(C(=O)Nc3ccc(F)c(NC(C)=O)c3)c3ccccc3)CC2)cn1.Cl. The number of nitrogens with zero attached hydrogens (tertiary/aromatic N) is 3. The Morgan fingerprint density at radius 2 is 1.71 bits per heavy atom. The summed E-state index contributed by atoms with van der Waals surface area (Å²) in [6.45, 7) is 3.43. The first-order valence-corrected chi connectivity index (χ1v) is 16.8. The molecule has 14 heteroatoms. The minimum absolute atomic E-state index is 0. The molecule has 2 N–H and O–H groups in total. The lowest BCUT2D eigenvalue weighted by Crippen LogP contribution is -2.49. The number of rotatable bonds is 10. The highest BCUT2D eigenvalue weighted by Crippen LogP contribution is 2.33. The van der Waals surface area contributed by atoms with E-state index in [1.54, 1.807) is 17.2 Å². The number of aromatic nitrogens is 1. The average Bonchev–Trinajstić information content (AvgIpc) is 3.04. The summed E-state index contributed by atoms with van der Waals surface area (Å²) in [5.74, 6) is -0.0317. The standard InChI is InChI=1S/C34H36FN5O6S.ClH/c1-23(41)37-30-19-25(10-12-29(30)35)38-34(42)40(26-7-5-4-6-8-26)27-15-17-39(18-16-27)22-24-9-14-33(36-21-24)46-31-13-11-28(47(3,43)44)20-32(31)45-2;/h4-14,19-21,27H,15-18,22H2,1-3H3,(H,37,41)(H,38,42);1H. The normalized spacial score (nSPS) is 13.6. The van der Waals surface area contributed by atoms with Crippen LogP contribution < -0.4 is 25.0 Å². The first-order chi connectivity index (χ1) is 22.5. The van der Waals surface area contributed by atoms with Gasteiger partial charge in [-0.2, -0.15) is 0 Å². The van der Waals surface area contributed by atoms with Gasteiger partial charge in [-0.05, 0) is 60.9 Å². The summed E-state index contributed by atoms with van der Waals surface area (Å²) >= 11 is 0. The molecule has 3 amide bonds. The zero-order chi connectivity index (χ0) is 33.6. The number of nitrogens with one attached hydrogen (secondary N) is 2. The van der Waals surface area contributed by atoms with Crippen molar-refractivity contribution < 1.29 is 31.9 Å². The molecule has 2 heterocycles. The molecule has 4 aromatic rings. The van der Waals surface area contributed by atoms with E-state index in [0.29, 0.717) is 23.9 Å². The molecule has 1 saturated heterocycles. The van der Waals surface area contributed by atoms with Gasteiger partial charge in [0.1, 0.15) is 5.82 Å². The van der Waals surface area contributed by atoms with E-state index in [2.05, 4.69) is 20.5 Å². The van der Waals surface area contributed by atoms with Crippen LogP contribution in [0, 0.1) is 5.82 Å². The number of amides is 3. The second-order valence-corrected chi connectivity index (χ2v) is 13.2. The van der Waals surface area contributed by atoms with Gasteiger partial charge in [-0.15, -0.1) is 12.4 Å². The van der Waals surface area contributed by atoms with Crippen LogP contribution in [0.5, 0.6) is 17.4 Å². The van der Waals surface area contributed by atoms with Crippen molar-refractivity contribution in [1.82, 2.24) is 9.88 Å². The number of methoxy groups -OCH3 is 1. The highest BCUT2D eigenvalue weighted by Gasteiger charge is 2.29. The Kier molecular flexibility index (Phi) is 12.0. The van der Waals surface area contributed by atoms with Gasteiger partial charge in [0.2, 0.25) is 11.8 Å². The Morgan fingerprint density at radius 1 is 0.979 bits per heavy atom. The van der Waals surface area contributed by atoms with Crippen molar-refractivity contribution in [3.05, 3.63) is 96.4 Å². The number of anilines is 3. The Balaban J connectivity index is 0.00000520. The third-order valence-electron chi connectivity index (χ3n) is 7.69. The number of benzene rings is 3. The van der Waals surface area contributed by atoms with Gasteiger partial charge in [0.15, 0.2) is 21.3 Å². The molecule has 11 nitrogen and oxygen atoms in total. The topological polar surface area (TPSA) is 130 Å². The third-order valence-corrected chi connectivity index (χ3v) is 8.80. The summed E-state index contributed by atoms with van der Waals surface area (Å²) in [6, 6.07) is 21.1. The van der Waals surface area contributed by atoms with E-state index in [0.717, 1.165) is 43.4 Å². The number of urea groups is 1. The minimum Gasteiger partial charge on any atom is -0.493 e. The zero-order valence-corrected chi connectivity index (χ0v) is 28.3. The Hall–Kier alpha value is -4.72. The molecule has 0 saturated carbocycles. The molecule has 48 heavy (non-hydrogen) atoms. The van der Waals surface area contributed by atoms with E-state index in [-0.39, 0.29) is 40.8 Å². The number of hydrogen-bond acceptors (Lipinski definition) is 8. The van der Waals surface area contributed by atoms with Crippen LogP contribution in [0.1, 0.15) is 25.3 Å². The molecule has 0 aliphatic carbocycles. The van der Waals surface area contributed by atoms with Crippen LogP contribution in [0.2, 0.25) is 0 Å². The number of halogens is 2. The molecule has 5 rings (SSSR count). The van der Waals surface area contributed by atoms with Gasteiger partial charge >= 0.3 is 6.03 Å². The van der Waals surface area contributed by atoms with Crippen molar-refractivity contribution in [1.29, 1.82) is 0 Å². The highest BCUT2D eigenvalue weighted by molar-refractivity contribution is 7.90. The average molecular weight is 698 g/mol. The van der Waals surface area contributed by atoms with E-state index < -0.39 is 21.6 Å². The van der Waals surface area contributed by atoms with Crippen molar-refractivity contribution in [2.24, 2.45) is 0 Å². The molecule has 3 aromatic carbocycles. The maximum absolute atomic E-state index is 14.2. The molecule has 254 valence electrons. The highest BCUT2D eigenvalue weighted by atomic mass is 35.5. The van der Waals surface area contributed by atoms with E-state index in [1.165, 1.54) is 50.4 Å². The smallest absolute Gasteiger partial charge is 0.326 e. The Bertz CT molecular complexity index is 1840. The van der Waals surface area contributed by atoms with Crippen LogP contribution in [0.15, 0.2) is 90.0 Å². The van der Waals surface area contributed by atoms with Gasteiger partial charge in [0.05, 0.1) is 17.7 Å². The third kappa shape index (κ3) is 9.21. The molecule has 0 bridgehead atoms. The van der Waals surface area contributed by atoms with Crippen LogP contribution in [-0.2, 0) is 21.2 Å². The minimum atomic E-state index is -3.39. The second kappa shape index (κ2) is 15.9. The number of para-hydroxylation sites is 1. The maximum atomic E-state index is 14.2. The van der Waals surface area contributed by atoms with E-state index in [9.17, 15) is 22.4 Å². The van der Waals surface area contributed by atoms with Gasteiger partial charge in [0.25, 0.3) is 0 Å². The molecule has 1 aromatic heterocycles. The van der Waals surface area contributed by atoms with E-state index in [4.69, 9.17) is 9.47 Å². The van der Waals surface area contributed by atoms with Crippen molar-refractivity contribution in [3.63, 3.8) is 0 Å². The van der Waals surface area contributed by atoms with Gasteiger partial charge < -0.3 is 20.1 Å². The molecule has 0 unspecified atom stereocenters. The summed E-state index contributed by atoms with van der Waals surface area (Å²) in [7, 11) is -1.95. The first kappa shape index (κ1) is 36.1. The van der Waals surface area contributed by atoms with Crippen molar-refractivity contribution in [3.8, 4) is 17.4 Å². The predicted octanol–water partition coefficient (Wildman–Crippen LogP) is 6.51. The lowest BCUT2D eigenvalue weighted by atomic mass is 10.0. The Labute approximate surface area is 285 Å². The number of pyridine rings is 1. The lowest BCUT2D eigenvalue weighted by Gasteiger charge is -2.38. The Morgan fingerprint density at radius 3 is 2.33 bits per heavy atom. The summed E-state index contributed by atoms with van der Waals surface area (Å²) in [6.07, 6.45) is 4.31. The summed E-state index contributed by atoms with van der Waals surface area (Å²) < 4.78 is 49.1. The second-order valence-electron chi connectivity index (χ2n) is 11.2. The molecule has 0 atom stereocenters. The quantitative estimate of drug-likeness (QED) is 0.192. The monoisotopic (exact) mass is 697 g/mol. The largest absolute Gasteiger partial charge is 0.493 e. The zero-order valence-electron chi connectivity index (χ0n) is 26.7. The fraction of sp³-hybridized carbons (Fsp3) is 0.265. The molecule has 1 aliphatic heterocycles. The van der Waals surface area contributed by atoms with Gasteiger partial charge in [-0.1, -0.05) is 24.3 Å². The molecule has 1 fully saturated rings.